The summed E-state index contributed by atoms with van der Waals surface area (Å²) in [6.07, 6.45) is 5.57. The maximum atomic E-state index is 13.0. The van der Waals surface area contributed by atoms with E-state index < -0.39 is 12.0 Å². The van der Waals surface area contributed by atoms with Gasteiger partial charge in [0.25, 0.3) is 0 Å². The van der Waals surface area contributed by atoms with Gasteiger partial charge in [-0.05, 0) is 49.3 Å². The number of nitrogens with one attached hydrogen (secondary N) is 1. The van der Waals surface area contributed by atoms with Gasteiger partial charge < -0.3 is 10.4 Å². The van der Waals surface area contributed by atoms with Crippen molar-refractivity contribution in [1.82, 2.24) is 5.32 Å². The number of carboxylic acids is 1. The summed E-state index contributed by atoms with van der Waals surface area (Å²) < 4.78 is 13.0. The van der Waals surface area contributed by atoms with Gasteiger partial charge in [-0.1, -0.05) is 31.9 Å². The molecule has 21 heavy (non-hydrogen) atoms. The summed E-state index contributed by atoms with van der Waals surface area (Å²) in [5.41, 5.74) is 1.15. The smallest absolute Gasteiger partial charge is 0.320 e. The zero-order valence-electron chi connectivity index (χ0n) is 12.5. The van der Waals surface area contributed by atoms with Gasteiger partial charge >= 0.3 is 5.97 Å². The molecule has 1 aromatic rings. The van der Waals surface area contributed by atoms with Crippen LogP contribution in [0.15, 0.2) is 24.3 Å². The lowest BCUT2D eigenvalue weighted by atomic mass is 9.97. The molecule has 116 valence electrons. The van der Waals surface area contributed by atoms with E-state index in [0.717, 1.165) is 37.7 Å². The molecular weight excluding hydrogens is 269 g/mol. The first-order chi connectivity index (χ1) is 10.1. The number of carbonyl (C=O) groups is 1. The molecule has 2 unspecified atom stereocenters. The minimum atomic E-state index is -0.756. The molecule has 2 rings (SSSR count). The average Bonchev–Trinajstić information content (AvgIpc) is 2.92. The first-order valence-corrected chi connectivity index (χ1v) is 7.84. The SMILES string of the molecule is CCCC[C@H](NC1CCC(c2ccc(F)cc2)C1)C(=O)O. The first kappa shape index (κ1) is 16.0. The second-order valence-electron chi connectivity index (χ2n) is 5.96. The van der Waals surface area contributed by atoms with Crippen molar-refractivity contribution in [3.8, 4) is 0 Å². The van der Waals surface area contributed by atoms with Crippen molar-refractivity contribution in [2.45, 2.75) is 63.5 Å². The summed E-state index contributed by atoms with van der Waals surface area (Å²) in [6.45, 7) is 2.07. The van der Waals surface area contributed by atoms with Crippen LogP contribution in [0.2, 0.25) is 0 Å². The van der Waals surface area contributed by atoms with Crippen LogP contribution >= 0.6 is 0 Å². The molecule has 0 bridgehead atoms. The maximum Gasteiger partial charge on any atom is 0.320 e. The number of hydrogen-bond donors (Lipinski definition) is 2. The predicted molar refractivity (Wildman–Crippen MR) is 80.9 cm³/mol. The highest BCUT2D eigenvalue weighted by molar-refractivity contribution is 5.73. The highest BCUT2D eigenvalue weighted by Crippen LogP contribution is 2.34. The fourth-order valence-electron chi connectivity index (χ4n) is 3.14. The van der Waals surface area contributed by atoms with Crippen LogP contribution in [0.3, 0.4) is 0 Å². The minimum Gasteiger partial charge on any atom is -0.480 e. The first-order valence-electron chi connectivity index (χ1n) is 7.84. The molecule has 4 heteroatoms. The van der Waals surface area contributed by atoms with Gasteiger partial charge in [0.05, 0.1) is 0 Å². The van der Waals surface area contributed by atoms with Crippen LogP contribution in [-0.2, 0) is 4.79 Å². The van der Waals surface area contributed by atoms with E-state index in [9.17, 15) is 14.3 Å². The Morgan fingerprint density at radius 1 is 1.38 bits per heavy atom. The average molecular weight is 293 g/mol. The van der Waals surface area contributed by atoms with Crippen molar-refractivity contribution in [3.63, 3.8) is 0 Å². The van der Waals surface area contributed by atoms with E-state index in [1.807, 2.05) is 12.1 Å². The van der Waals surface area contributed by atoms with Crippen molar-refractivity contribution in [1.29, 1.82) is 0 Å². The molecular formula is C17H24FNO2. The molecule has 2 N–H and O–H groups in total. The summed E-state index contributed by atoms with van der Waals surface area (Å²) in [5.74, 6) is -0.561. The Morgan fingerprint density at radius 3 is 2.71 bits per heavy atom. The number of halogens is 1. The molecule has 0 amide bonds. The summed E-state index contributed by atoms with van der Waals surface area (Å²) in [4.78, 5) is 11.3. The molecule has 1 aliphatic carbocycles. The lowest BCUT2D eigenvalue weighted by Gasteiger charge is -2.20. The minimum absolute atomic E-state index is 0.211. The van der Waals surface area contributed by atoms with Gasteiger partial charge in [-0.2, -0.15) is 0 Å². The Hall–Kier alpha value is -1.42. The maximum absolute atomic E-state index is 13.0. The molecule has 1 saturated carbocycles. The van der Waals surface area contributed by atoms with E-state index in [1.54, 1.807) is 0 Å². The van der Waals surface area contributed by atoms with Crippen molar-refractivity contribution < 1.29 is 14.3 Å². The molecule has 0 heterocycles. The van der Waals surface area contributed by atoms with Gasteiger partial charge in [-0.3, -0.25) is 4.79 Å². The number of hydrogen-bond acceptors (Lipinski definition) is 2. The number of carboxylic acid groups (broad SMARTS) is 1. The second-order valence-corrected chi connectivity index (χ2v) is 5.96. The number of aliphatic carboxylic acids is 1. The highest BCUT2D eigenvalue weighted by atomic mass is 19.1. The van der Waals surface area contributed by atoms with Crippen LogP contribution in [-0.4, -0.2) is 23.2 Å². The van der Waals surface area contributed by atoms with Crippen LogP contribution in [0, 0.1) is 5.82 Å². The van der Waals surface area contributed by atoms with Crippen molar-refractivity contribution in [2.24, 2.45) is 0 Å². The molecule has 3 nitrogen and oxygen atoms in total. The molecule has 0 spiro atoms. The Bertz CT molecular complexity index is 460. The van der Waals surface area contributed by atoms with Gasteiger partial charge in [0, 0.05) is 6.04 Å². The summed E-state index contributed by atoms with van der Waals surface area (Å²) in [6, 6.07) is 6.48. The van der Waals surface area contributed by atoms with Crippen LogP contribution in [0.5, 0.6) is 0 Å². The van der Waals surface area contributed by atoms with Gasteiger partial charge in [0.2, 0.25) is 0 Å². The van der Waals surface area contributed by atoms with Gasteiger partial charge in [-0.25, -0.2) is 4.39 Å². The standard InChI is InChI=1S/C17H24FNO2/c1-2-3-4-16(17(20)21)19-15-10-7-13(11-15)12-5-8-14(18)9-6-12/h5-6,8-9,13,15-16,19H,2-4,7,10-11H2,1H3,(H,20,21)/t13?,15?,16-/m0/s1. The number of benzene rings is 1. The monoisotopic (exact) mass is 293 g/mol. The zero-order chi connectivity index (χ0) is 15.2. The molecule has 0 aromatic heterocycles. The van der Waals surface area contributed by atoms with Crippen LogP contribution < -0.4 is 5.32 Å². The number of unbranched alkanes of at least 4 members (excludes halogenated alkanes) is 1. The van der Waals surface area contributed by atoms with Gasteiger partial charge in [-0.15, -0.1) is 0 Å². The largest absolute Gasteiger partial charge is 0.480 e. The van der Waals surface area contributed by atoms with E-state index in [1.165, 1.54) is 12.1 Å². The van der Waals surface area contributed by atoms with E-state index in [-0.39, 0.29) is 11.9 Å². The Morgan fingerprint density at radius 2 is 2.10 bits per heavy atom. The fraction of sp³-hybridized carbons (Fsp3) is 0.588. The lowest BCUT2D eigenvalue weighted by Crippen LogP contribution is -2.42. The Labute approximate surface area is 125 Å². The fourth-order valence-corrected chi connectivity index (χ4v) is 3.14. The molecule has 3 atom stereocenters. The van der Waals surface area contributed by atoms with Gasteiger partial charge in [0.1, 0.15) is 11.9 Å². The van der Waals surface area contributed by atoms with E-state index in [0.29, 0.717) is 12.3 Å². The lowest BCUT2D eigenvalue weighted by molar-refractivity contribution is -0.139. The molecule has 0 aliphatic heterocycles. The van der Waals surface area contributed by atoms with Crippen molar-refractivity contribution in [2.75, 3.05) is 0 Å². The van der Waals surface area contributed by atoms with E-state index in [2.05, 4.69) is 12.2 Å². The van der Waals surface area contributed by atoms with Crippen LogP contribution in [0.25, 0.3) is 0 Å². The third-order valence-corrected chi connectivity index (χ3v) is 4.36. The molecule has 1 fully saturated rings. The zero-order valence-corrected chi connectivity index (χ0v) is 12.5. The molecule has 0 saturated heterocycles. The Balaban J connectivity index is 1.89. The summed E-state index contributed by atoms with van der Waals surface area (Å²) in [7, 11) is 0. The highest BCUT2D eigenvalue weighted by Gasteiger charge is 2.29. The third kappa shape index (κ3) is 4.53. The van der Waals surface area contributed by atoms with Crippen molar-refractivity contribution in [3.05, 3.63) is 35.6 Å². The van der Waals surface area contributed by atoms with E-state index in [4.69, 9.17) is 0 Å². The van der Waals surface area contributed by atoms with E-state index >= 15 is 0 Å². The quantitative estimate of drug-likeness (QED) is 0.806. The topological polar surface area (TPSA) is 49.3 Å². The van der Waals surface area contributed by atoms with Crippen LogP contribution in [0.1, 0.15) is 56.9 Å². The third-order valence-electron chi connectivity index (χ3n) is 4.36. The molecule has 0 radical (unpaired) electrons. The van der Waals surface area contributed by atoms with Crippen molar-refractivity contribution >= 4 is 5.97 Å². The second kappa shape index (κ2) is 7.55. The predicted octanol–water partition coefficient (Wildman–Crippen LogP) is 3.69. The van der Waals surface area contributed by atoms with Crippen LogP contribution in [0.4, 0.5) is 4.39 Å². The molecule has 1 aromatic carbocycles. The van der Waals surface area contributed by atoms with Gasteiger partial charge in [0.15, 0.2) is 0 Å². The Kier molecular flexibility index (Phi) is 5.74. The summed E-state index contributed by atoms with van der Waals surface area (Å²) in [5, 5.41) is 12.6. The number of rotatable bonds is 7. The summed E-state index contributed by atoms with van der Waals surface area (Å²) >= 11 is 0. The molecule has 1 aliphatic rings. The normalized spacial score (nSPS) is 23.1.